The largest absolute Gasteiger partial charge is 0.330 e. The molecule has 1 saturated carbocycles. The first-order chi connectivity index (χ1) is 13.1. The number of carbonyl (C=O) groups excluding carboxylic acids is 2. The highest BCUT2D eigenvalue weighted by Gasteiger charge is 2.39. The van der Waals surface area contributed by atoms with Crippen molar-refractivity contribution in [3.63, 3.8) is 0 Å². The Labute approximate surface area is 159 Å². The molecule has 2 fully saturated rings. The lowest BCUT2D eigenvalue weighted by molar-refractivity contribution is -0.159. The van der Waals surface area contributed by atoms with Crippen LogP contribution in [0.2, 0.25) is 0 Å². The molecular weight excluding hydrogens is 340 g/mol. The minimum atomic E-state index is -0.434. The molecule has 0 spiro atoms. The van der Waals surface area contributed by atoms with Crippen molar-refractivity contribution in [1.82, 2.24) is 19.8 Å². The summed E-state index contributed by atoms with van der Waals surface area (Å²) in [6.07, 6.45) is 7.86. The maximum Gasteiger partial charge on any atom is 0.312 e. The van der Waals surface area contributed by atoms with Gasteiger partial charge in [-0.05, 0) is 25.3 Å². The fraction of sp³-hybridized carbons (Fsp3) is 0.429. The molecular formula is C21H24N4O2. The van der Waals surface area contributed by atoms with E-state index in [4.69, 9.17) is 0 Å². The number of hydrogen-bond acceptors (Lipinski definition) is 4. The van der Waals surface area contributed by atoms with Crippen molar-refractivity contribution in [2.75, 3.05) is 13.1 Å². The van der Waals surface area contributed by atoms with E-state index in [9.17, 15) is 9.59 Å². The van der Waals surface area contributed by atoms with Gasteiger partial charge in [0.15, 0.2) is 0 Å². The molecule has 1 aliphatic heterocycles. The highest BCUT2D eigenvalue weighted by atomic mass is 16.2. The van der Waals surface area contributed by atoms with E-state index in [1.54, 1.807) is 22.2 Å². The molecule has 0 N–H and O–H groups in total. The van der Waals surface area contributed by atoms with Crippen LogP contribution in [-0.2, 0) is 9.59 Å². The molecule has 6 nitrogen and oxygen atoms in total. The van der Waals surface area contributed by atoms with E-state index in [1.165, 1.54) is 0 Å². The number of carbonyl (C=O) groups is 2. The molecule has 2 heterocycles. The third-order valence-corrected chi connectivity index (χ3v) is 5.67. The van der Waals surface area contributed by atoms with Crippen molar-refractivity contribution in [2.45, 2.75) is 44.7 Å². The fourth-order valence-corrected chi connectivity index (χ4v) is 4.07. The third kappa shape index (κ3) is 3.44. The summed E-state index contributed by atoms with van der Waals surface area (Å²) in [5, 5.41) is 0. The predicted molar refractivity (Wildman–Crippen MR) is 102 cm³/mol. The van der Waals surface area contributed by atoms with Crippen LogP contribution in [0.5, 0.6) is 0 Å². The van der Waals surface area contributed by atoms with Crippen LogP contribution in [-0.4, -0.2) is 50.7 Å². The third-order valence-electron chi connectivity index (χ3n) is 5.67. The minimum Gasteiger partial charge on any atom is -0.330 e. The topological polar surface area (TPSA) is 66.4 Å². The molecule has 1 aromatic carbocycles. The molecule has 6 heteroatoms. The minimum absolute atomic E-state index is 0.236. The van der Waals surface area contributed by atoms with Gasteiger partial charge in [-0.2, -0.15) is 0 Å². The molecule has 1 unspecified atom stereocenters. The van der Waals surface area contributed by atoms with Gasteiger partial charge >= 0.3 is 11.8 Å². The Balaban J connectivity index is 1.47. The number of amides is 2. The van der Waals surface area contributed by atoms with Crippen molar-refractivity contribution >= 4 is 11.8 Å². The number of aromatic nitrogens is 2. The Morgan fingerprint density at radius 2 is 1.59 bits per heavy atom. The molecule has 2 aliphatic rings. The van der Waals surface area contributed by atoms with Crippen LogP contribution in [0.15, 0.2) is 42.7 Å². The van der Waals surface area contributed by atoms with Crippen LogP contribution in [0.4, 0.5) is 0 Å². The molecule has 1 aromatic heterocycles. The van der Waals surface area contributed by atoms with Crippen molar-refractivity contribution in [3.05, 3.63) is 48.5 Å². The second kappa shape index (κ2) is 7.47. The first-order valence-electron chi connectivity index (χ1n) is 9.64. The molecule has 2 aromatic rings. The zero-order valence-electron chi connectivity index (χ0n) is 15.5. The van der Waals surface area contributed by atoms with E-state index in [1.807, 2.05) is 37.3 Å². The summed E-state index contributed by atoms with van der Waals surface area (Å²) in [6.45, 7) is 3.02. The van der Waals surface area contributed by atoms with Crippen LogP contribution in [0.3, 0.4) is 0 Å². The Kier molecular flexibility index (Phi) is 4.88. The van der Waals surface area contributed by atoms with Crippen LogP contribution in [0, 0.1) is 0 Å². The molecule has 1 saturated heterocycles. The van der Waals surface area contributed by atoms with E-state index < -0.39 is 5.91 Å². The van der Waals surface area contributed by atoms with Gasteiger partial charge < -0.3 is 9.80 Å². The Hall–Kier alpha value is -2.76. The molecule has 1 aliphatic carbocycles. The summed E-state index contributed by atoms with van der Waals surface area (Å²) < 4.78 is 0. The molecule has 0 bridgehead atoms. The average Bonchev–Trinajstić information content (AvgIpc) is 3.25. The van der Waals surface area contributed by atoms with E-state index in [2.05, 4.69) is 9.97 Å². The normalized spacial score (nSPS) is 19.6. The van der Waals surface area contributed by atoms with Crippen molar-refractivity contribution in [2.24, 2.45) is 0 Å². The van der Waals surface area contributed by atoms with Gasteiger partial charge in [-0.1, -0.05) is 43.2 Å². The Bertz CT molecular complexity index is 816. The van der Waals surface area contributed by atoms with Crippen LogP contribution in [0.25, 0.3) is 11.1 Å². The monoisotopic (exact) mass is 364 g/mol. The summed E-state index contributed by atoms with van der Waals surface area (Å²) in [5.41, 5.74) is 1.98. The van der Waals surface area contributed by atoms with Crippen LogP contribution in [0.1, 0.15) is 44.5 Å². The van der Waals surface area contributed by atoms with Gasteiger partial charge in [0.1, 0.15) is 5.82 Å². The fourth-order valence-electron chi connectivity index (χ4n) is 4.07. The second-order valence-electron chi connectivity index (χ2n) is 7.31. The van der Waals surface area contributed by atoms with Crippen molar-refractivity contribution < 1.29 is 9.59 Å². The molecule has 1 atom stereocenters. The highest BCUT2D eigenvalue weighted by Crippen LogP contribution is 2.27. The Morgan fingerprint density at radius 1 is 0.926 bits per heavy atom. The molecule has 4 rings (SSSR count). The lowest BCUT2D eigenvalue weighted by Gasteiger charge is -2.39. The maximum atomic E-state index is 12.7. The lowest BCUT2D eigenvalue weighted by atomic mass is 10.1. The van der Waals surface area contributed by atoms with Gasteiger partial charge in [0.25, 0.3) is 0 Å². The summed E-state index contributed by atoms with van der Waals surface area (Å²) in [7, 11) is 0. The zero-order valence-corrected chi connectivity index (χ0v) is 15.5. The van der Waals surface area contributed by atoms with Gasteiger partial charge in [0.2, 0.25) is 0 Å². The van der Waals surface area contributed by atoms with Gasteiger partial charge in [0, 0.05) is 37.1 Å². The van der Waals surface area contributed by atoms with E-state index in [-0.39, 0.29) is 18.0 Å². The number of piperazine rings is 1. The average molecular weight is 364 g/mol. The van der Waals surface area contributed by atoms with Gasteiger partial charge in [-0.25, -0.2) is 9.97 Å². The van der Waals surface area contributed by atoms with Crippen LogP contribution >= 0.6 is 0 Å². The first-order valence-corrected chi connectivity index (χ1v) is 9.64. The molecule has 140 valence electrons. The van der Waals surface area contributed by atoms with Gasteiger partial charge in [0.05, 0.1) is 6.04 Å². The lowest BCUT2D eigenvalue weighted by Crippen LogP contribution is -2.57. The van der Waals surface area contributed by atoms with Crippen molar-refractivity contribution in [3.8, 4) is 11.1 Å². The van der Waals surface area contributed by atoms with E-state index in [0.29, 0.717) is 18.9 Å². The second-order valence-corrected chi connectivity index (χ2v) is 7.31. The molecule has 2 amide bonds. The number of nitrogens with zero attached hydrogens (tertiary/aromatic N) is 4. The number of rotatable bonds is 4. The van der Waals surface area contributed by atoms with Gasteiger partial charge in [-0.15, -0.1) is 0 Å². The summed E-state index contributed by atoms with van der Waals surface area (Å²) in [6, 6.07) is 9.84. The summed E-state index contributed by atoms with van der Waals surface area (Å²) >= 11 is 0. The summed E-state index contributed by atoms with van der Waals surface area (Å²) in [5.74, 6) is -0.248. The Morgan fingerprint density at radius 3 is 2.26 bits per heavy atom. The standard InChI is InChI=1S/C21H24N4O2/c1-15(19-22-13-17(14-23-19)16-7-3-2-4-8-16)24-11-12-25(21(27)20(24)26)18-9-5-6-10-18/h2-4,7-8,13-15,18H,5-6,9-12H2,1H3. The number of hydrogen-bond donors (Lipinski definition) is 0. The first kappa shape index (κ1) is 17.6. The molecule has 0 radical (unpaired) electrons. The number of benzene rings is 1. The SMILES string of the molecule is CC(c1ncc(-c2ccccc2)cn1)N1CCN(C2CCCC2)C(=O)C1=O. The molecule has 27 heavy (non-hydrogen) atoms. The van der Waals surface area contributed by atoms with Gasteiger partial charge in [-0.3, -0.25) is 9.59 Å². The quantitative estimate of drug-likeness (QED) is 0.783. The smallest absolute Gasteiger partial charge is 0.312 e. The predicted octanol–water partition coefficient (Wildman–Crippen LogP) is 2.82. The zero-order chi connectivity index (χ0) is 18.8. The van der Waals surface area contributed by atoms with Crippen LogP contribution < -0.4 is 0 Å². The van der Waals surface area contributed by atoms with Crippen molar-refractivity contribution in [1.29, 1.82) is 0 Å². The van der Waals surface area contributed by atoms with E-state index in [0.717, 1.165) is 36.8 Å². The highest BCUT2D eigenvalue weighted by molar-refractivity contribution is 6.35. The summed E-state index contributed by atoms with van der Waals surface area (Å²) in [4.78, 5) is 37.6. The van der Waals surface area contributed by atoms with E-state index >= 15 is 0 Å². The maximum absolute atomic E-state index is 12.7.